The number of nitrogens with one attached hydrogen (secondary N) is 1. The second kappa shape index (κ2) is 8.98. The summed E-state index contributed by atoms with van der Waals surface area (Å²) in [5, 5.41) is 9.73. The van der Waals surface area contributed by atoms with Crippen molar-refractivity contribution in [3.63, 3.8) is 0 Å². The predicted octanol–water partition coefficient (Wildman–Crippen LogP) is 1.05. The van der Waals surface area contributed by atoms with Crippen molar-refractivity contribution < 1.29 is 19.4 Å². The minimum atomic E-state index is -0.480. The summed E-state index contributed by atoms with van der Waals surface area (Å²) in [6.07, 6.45) is 3.67. The number of hydrogen-bond acceptors (Lipinski definition) is 7. The van der Waals surface area contributed by atoms with Gasteiger partial charge in [-0.2, -0.15) is 4.98 Å². The largest absolute Gasteiger partial charge is 0.497 e. The highest BCUT2D eigenvalue weighted by atomic mass is 16.5. The third-order valence-electron chi connectivity index (χ3n) is 5.60. The lowest BCUT2D eigenvalue weighted by molar-refractivity contribution is -0.132. The number of carboxylic acid groups (broad SMARTS) is 1. The van der Waals surface area contributed by atoms with Crippen molar-refractivity contribution in [2.75, 3.05) is 37.9 Å². The average molecular weight is 413 g/mol. The maximum absolute atomic E-state index is 12.7. The Kier molecular flexibility index (Phi) is 6.39. The maximum Gasteiger partial charge on any atom is 0.290 e. The maximum atomic E-state index is 12.7. The van der Waals surface area contributed by atoms with Crippen LogP contribution in [0.5, 0.6) is 5.75 Å². The second-order valence-electron chi connectivity index (χ2n) is 7.53. The first-order chi connectivity index (χ1) is 14.5. The molecule has 0 unspecified atom stereocenters. The predicted molar refractivity (Wildman–Crippen MR) is 113 cm³/mol. The summed E-state index contributed by atoms with van der Waals surface area (Å²) in [5.41, 5.74) is 8.77. The van der Waals surface area contributed by atoms with Crippen LogP contribution in [0.15, 0.2) is 24.3 Å². The Balaban J connectivity index is 0.000000806. The summed E-state index contributed by atoms with van der Waals surface area (Å²) < 4.78 is 5.32. The molecule has 2 heterocycles. The lowest BCUT2D eigenvalue weighted by Gasteiger charge is -2.50. The fourth-order valence-electron chi connectivity index (χ4n) is 4.30. The Bertz CT molecular complexity index is 928. The fourth-order valence-corrected chi connectivity index (χ4v) is 4.30. The molecule has 1 saturated heterocycles. The molecule has 1 aliphatic heterocycles. The van der Waals surface area contributed by atoms with Crippen molar-refractivity contribution >= 4 is 24.1 Å². The Morgan fingerprint density at radius 3 is 2.77 bits per heavy atom. The van der Waals surface area contributed by atoms with Crippen molar-refractivity contribution in [2.24, 2.45) is 5.41 Å². The number of anilines is 2. The van der Waals surface area contributed by atoms with E-state index in [2.05, 4.69) is 20.2 Å². The van der Waals surface area contributed by atoms with Gasteiger partial charge in [-0.1, -0.05) is 12.1 Å². The summed E-state index contributed by atoms with van der Waals surface area (Å²) in [6, 6.07) is 7.90. The van der Waals surface area contributed by atoms with E-state index in [4.69, 9.17) is 20.4 Å². The van der Waals surface area contributed by atoms with Crippen LogP contribution < -0.4 is 20.7 Å². The van der Waals surface area contributed by atoms with E-state index < -0.39 is 5.41 Å². The fraction of sp³-hybridized carbons (Fsp3) is 0.429. The summed E-state index contributed by atoms with van der Waals surface area (Å²) >= 11 is 0. The van der Waals surface area contributed by atoms with Crippen molar-refractivity contribution in [3.8, 4) is 5.75 Å². The number of carbonyl (C=O) groups excluding carboxylic acids is 1. The van der Waals surface area contributed by atoms with Crippen molar-refractivity contribution in [3.05, 3.63) is 41.1 Å². The summed E-state index contributed by atoms with van der Waals surface area (Å²) in [7, 11) is 3.34. The van der Waals surface area contributed by atoms with Crippen LogP contribution in [0.4, 0.5) is 11.8 Å². The molecule has 9 nitrogen and oxygen atoms in total. The molecule has 0 bridgehead atoms. The van der Waals surface area contributed by atoms with E-state index in [0.717, 1.165) is 42.1 Å². The normalized spacial score (nSPS) is 15.9. The molecule has 0 spiro atoms. The number of hydrogen-bond donors (Lipinski definition) is 3. The molecule has 0 saturated carbocycles. The van der Waals surface area contributed by atoms with E-state index in [1.165, 1.54) is 5.56 Å². The third kappa shape index (κ3) is 4.14. The van der Waals surface area contributed by atoms with Gasteiger partial charge in [0.1, 0.15) is 11.6 Å². The smallest absolute Gasteiger partial charge is 0.290 e. The summed E-state index contributed by atoms with van der Waals surface area (Å²) in [5.74, 6) is 2.08. The molecule has 0 atom stereocenters. The first-order valence-corrected chi connectivity index (χ1v) is 9.79. The quantitative estimate of drug-likeness (QED) is 0.620. The molecular formula is C21H27N5O4. The SMILES string of the molecule is CNC(=O)C1(Cc2cccc(OC)c2)CN(c2nc(N)nc3c2CCC3)C1.O=CO. The first-order valence-electron chi connectivity index (χ1n) is 9.79. The average Bonchev–Trinajstić information content (AvgIpc) is 3.18. The van der Waals surface area contributed by atoms with Gasteiger partial charge in [0.05, 0.1) is 18.2 Å². The third-order valence-corrected chi connectivity index (χ3v) is 5.60. The first kappa shape index (κ1) is 21.4. The van der Waals surface area contributed by atoms with Gasteiger partial charge in [-0.25, -0.2) is 4.98 Å². The molecule has 4 N–H and O–H groups in total. The number of methoxy groups -OCH3 is 1. The summed E-state index contributed by atoms with van der Waals surface area (Å²) in [6.45, 7) is 0.986. The van der Waals surface area contributed by atoms with Gasteiger partial charge >= 0.3 is 0 Å². The minimum Gasteiger partial charge on any atom is -0.497 e. The lowest BCUT2D eigenvalue weighted by Crippen LogP contribution is -2.64. The molecule has 1 aromatic heterocycles. The van der Waals surface area contributed by atoms with Gasteiger partial charge in [-0.3, -0.25) is 9.59 Å². The zero-order valence-corrected chi connectivity index (χ0v) is 17.2. The molecule has 2 aromatic rings. The molecular weight excluding hydrogens is 386 g/mol. The number of benzene rings is 1. The Morgan fingerprint density at radius 1 is 1.37 bits per heavy atom. The molecule has 0 radical (unpaired) electrons. The number of carbonyl (C=O) groups is 2. The number of rotatable bonds is 5. The minimum absolute atomic E-state index is 0.0558. The van der Waals surface area contributed by atoms with Gasteiger partial charge in [-0.05, 0) is 43.4 Å². The number of nitrogen functional groups attached to an aromatic ring is 1. The zero-order valence-electron chi connectivity index (χ0n) is 17.2. The number of nitrogens with zero attached hydrogens (tertiary/aromatic N) is 3. The van der Waals surface area contributed by atoms with E-state index in [-0.39, 0.29) is 12.4 Å². The summed E-state index contributed by atoms with van der Waals surface area (Å²) in [4.78, 5) is 32.1. The topological polar surface area (TPSA) is 131 Å². The van der Waals surface area contributed by atoms with Crippen molar-refractivity contribution in [1.82, 2.24) is 15.3 Å². The molecule has 1 aliphatic carbocycles. The van der Waals surface area contributed by atoms with Crippen molar-refractivity contribution in [1.29, 1.82) is 0 Å². The molecule has 4 rings (SSSR count). The van der Waals surface area contributed by atoms with E-state index in [1.807, 2.05) is 24.3 Å². The Morgan fingerprint density at radius 2 is 2.10 bits per heavy atom. The molecule has 1 aromatic carbocycles. The van der Waals surface area contributed by atoms with Crippen LogP contribution in [0.2, 0.25) is 0 Å². The molecule has 160 valence electrons. The monoisotopic (exact) mass is 413 g/mol. The van der Waals surface area contributed by atoms with Gasteiger partial charge < -0.3 is 25.8 Å². The standard InChI is InChI=1S/C20H25N5O2.CH2O2/c1-22-18(26)20(10-13-5-3-6-14(9-13)27-2)11-25(12-20)17-15-7-4-8-16(15)23-19(21)24-17;2-1-3/h3,5-6,9H,4,7-8,10-12H2,1-2H3,(H,22,26)(H2,21,23,24);1H,(H,2,3). The van der Waals surface area contributed by atoms with Crippen LogP contribution in [0.25, 0.3) is 0 Å². The number of aromatic nitrogens is 2. The highest BCUT2D eigenvalue weighted by Crippen LogP contribution is 2.40. The van der Waals surface area contributed by atoms with E-state index >= 15 is 0 Å². The van der Waals surface area contributed by atoms with Crippen LogP contribution >= 0.6 is 0 Å². The van der Waals surface area contributed by atoms with Crippen LogP contribution in [0.1, 0.15) is 23.2 Å². The van der Waals surface area contributed by atoms with E-state index in [9.17, 15) is 4.79 Å². The van der Waals surface area contributed by atoms with E-state index in [0.29, 0.717) is 25.5 Å². The van der Waals surface area contributed by atoms with E-state index in [1.54, 1.807) is 14.2 Å². The Labute approximate surface area is 175 Å². The van der Waals surface area contributed by atoms with Gasteiger partial charge in [0.25, 0.3) is 6.47 Å². The van der Waals surface area contributed by atoms with Gasteiger partial charge in [-0.15, -0.1) is 0 Å². The van der Waals surface area contributed by atoms with Crippen molar-refractivity contribution in [2.45, 2.75) is 25.7 Å². The van der Waals surface area contributed by atoms with Crippen LogP contribution in [0, 0.1) is 5.41 Å². The van der Waals surface area contributed by atoms with Gasteiger partial charge in [0, 0.05) is 25.7 Å². The van der Waals surface area contributed by atoms with Gasteiger partial charge in [0.15, 0.2) is 0 Å². The van der Waals surface area contributed by atoms with Crippen LogP contribution in [-0.2, 0) is 28.9 Å². The van der Waals surface area contributed by atoms with Crippen LogP contribution in [0.3, 0.4) is 0 Å². The number of aryl methyl sites for hydroxylation is 1. The van der Waals surface area contributed by atoms with Crippen LogP contribution in [-0.4, -0.2) is 54.7 Å². The highest BCUT2D eigenvalue weighted by Gasteiger charge is 2.50. The molecule has 9 heteroatoms. The van der Waals surface area contributed by atoms with Gasteiger partial charge in [0.2, 0.25) is 11.9 Å². The molecule has 1 fully saturated rings. The zero-order chi connectivity index (χ0) is 21.7. The highest BCUT2D eigenvalue weighted by molar-refractivity contribution is 5.86. The number of nitrogens with two attached hydrogens (primary N) is 1. The number of fused-ring (bicyclic) bond motifs is 1. The Hall–Kier alpha value is -3.36. The second-order valence-corrected chi connectivity index (χ2v) is 7.53. The molecule has 30 heavy (non-hydrogen) atoms. The molecule has 1 amide bonds. The number of amides is 1. The molecule has 2 aliphatic rings. The number of ether oxygens (including phenoxy) is 1. The lowest BCUT2D eigenvalue weighted by atomic mass is 9.73.